The van der Waals surface area contributed by atoms with E-state index in [1.165, 1.54) is 0 Å². The Morgan fingerprint density at radius 2 is 1.81 bits per heavy atom. The fraction of sp³-hybridized carbons (Fsp3) is 0.250. The predicted octanol–water partition coefficient (Wildman–Crippen LogP) is 3.93. The molecule has 6 heteroatoms. The van der Waals surface area contributed by atoms with Crippen molar-refractivity contribution < 1.29 is 8.42 Å². The first-order valence-corrected chi connectivity index (χ1v) is 10.1. The third-order valence-corrected chi connectivity index (χ3v) is 5.36. The van der Waals surface area contributed by atoms with Crippen LogP contribution >= 0.6 is 0 Å². The molecule has 0 amide bonds. The van der Waals surface area contributed by atoms with Gasteiger partial charge in [0.25, 0.3) is 10.0 Å². The van der Waals surface area contributed by atoms with Crippen molar-refractivity contribution in [3.05, 3.63) is 78.1 Å². The van der Waals surface area contributed by atoms with E-state index in [2.05, 4.69) is 23.7 Å². The lowest BCUT2D eigenvalue weighted by Gasteiger charge is -2.11. The lowest BCUT2D eigenvalue weighted by molar-refractivity contribution is 0.601. The van der Waals surface area contributed by atoms with Gasteiger partial charge in [-0.1, -0.05) is 38.1 Å². The molecule has 1 aromatic heterocycles. The van der Waals surface area contributed by atoms with Crippen LogP contribution in [0, 0.1) is 5.92 Å². The van der Waals surface area contributed by atoms with Crippen LogP contribution in [0.25, 0.3) is 0 Å². The lowest BCUT2D eigenvalue weighted by atomic mass is 10.0. The molecule has 136 valence electrons. The molecule has 3 aromatic rings. The van der Waals surface area contributed by atoms with Crippen molar-refractivity contribution in [1.29, 1.82) is 0 Å². The van der Waals surface area contributed by atoms with Gasteiger partial charge < -0.3 is 0 Å². The smallest absolute Gasteiger partial charge is 0.261 e. The van der Waals surface area contributed by atoms with Gasteiger partial charge >= 0.3 is 0 Å². The Morgan fingerprint density at radius 1 is 1.04 bits per heavy atom. The molecule has 0 aliphatic rings. The van der Waals surface area contributed by atoms with Gasteiger partial charge in [0.15, 0.2) is 0 Å². The molecule has 0 aliphatic carbocycles. The Kier molecular flexibility index (Phi) is 5.42. The molecule has 5 nitrogen and oxygen atoms in total. The Morgan fingerprint density at radius 3 is 2.46 bits per heavy atom. The normalized spacial score (nSPS) is 11.7. The fourth-order valence-electron chi connectivity index (χ4n) is 2.80. The minimum Gasteiger partial charge on any atom is -0.280 e. The molecular formula is C20H23N3O2S. The van der Waals surface area contributed by atoms with Crippen molar-refractivity contribution >= 4 is 15.7 Å². The van der Waals surface area contributed by atoms with Crippen molar-refractivity contribution in [2.24, 2.45) is 5.92 Å². The summed E-state index contributed by atoms with van der Waals surface area (Å²) in [5, 5.41) is 4.17. The quantitative estimate of drug-likeness (QED) is 0.686. The van der Waals surface area contributed by atoms with Crippen LogP contribution in [0.15, 0.2) is 71.9 Å². The summed E-state index contributed by atoms with van der Waals surface area (Å²) in [4.78, 5) is 0.266. The number of anilines is 1. The highest BCUT2D eigenvalue weighted by Gasteiger charge is 2.14. The zero-order chi connectivity index (χ0) is 18.6. The van der Waals surface area contributed by atoms with E-state index >= 15 is 0 Å². The highest BCUT2D eigenvalue weighted by Crippen LogP contribution is 2.19. The third-order valence-electron chi connectivity index (χ3n) is 3.96. The van der Waals surface area contributed by atoms with Crippen LogP contribution in [0.3, 0.4) is 0 Å². The molecule has 0 saturated carbocycles. The van der Waals surface area contributed by atoms with E-state index < -0.39 is 10.0 Å². The van der Waals surface area contributed by atoms with Crippen LogP contribution in [0.4, 0.5) is 5.69 Å². The standard InChI is InChI=1S/C20H23N3O2S/c1-16(2)13-17-7-9-20(10-8-17)26(24,25)22-19-6-3-5-18(14-19)15-23-12-4-11-21-23/h3-12,14,16,22H,13,15H2,1-2H3. The highest BCUT2D eigenvalue weighted by molar-refractivity contribution is 7.92. The fourth-order valence-corrected chi connectivity index (χ4v) is 3.85. The zero-order valence-corrected chi connectivity index (χ0v) is 15.8. The second-order valence-corrected chi connectivity index (χ2v) is 8.43. The van der Waals surface area contributed by atoms with Gasteiger partial charge in [-0.05, 0) is 53.8 Å². The Hall–Kier alpha value is -2.60. The summed E-state index contributed by atoms with van der Waals surface area (Å²) in [6.07, 6.45) is 4.52. The van der Waals surface area contributed by atoms with Crippen LogP contribution in [0.2, 0.25) is 0 Å². The minimum absolute atomic E-state index is 0.266. The summed E-state index contributed by atoms with van der Waals surface area (Å²) < 4.78 is 29.7. The second kappa shape index (κ2) is 7.74. The van der Waals surface area contributed by atoms with E-state index in [0.29, 0.717) is 18.2 Å². The summed E-state index contributed by atoms with van der Waals surface area (Å²) in [6.45, 7) is 4.87. The molecule has 2 aromatic carbocycles. The molecule has 3 rings (SSSR count). The van der Waals surface area contributed by atoms with Crippen molar-refractivity contribution in [2.45, 2.75) is 31.7 Å². The van der Waals surface area contributed by atoms with Crippen molar-refractivity contribution in [2.75, 3.05) is 4.72 Å². The molecule has 0 unspecified atom stereocenters. The first-order valence-electron chi connectivity index (χ1n) is 8.60. The monoisotopic (exact) mass is 369 g/mol. The molecular weight excluding hydrogens is 346 g/mol. The minimum atomic E-state index is -3.61. The van der Waals surface area contributed by atoms with E-state index in [-0.39, 0.29) is 4.90 Å². The zero-order valence-electron chi connectivity index (χ0n) is 15.0. The second-order valence-electron chi connectivity index (χ2n) is 6.75. The molecule has 0 saturated heterocycles. The van der Waals surface area contributed by atoms with Gasteiger partial charge in [-0.25, -0.2) is 8.42 Å². The summed E-state index contributed by atoms with van der Waals surface area (Å²) in [5.41, 5.74) is 2.65. The molecule has 1 heterocycles. The van der Waals surface area contributed by atoms with Gasteiger partial charge in [-0.2, -0.15) is 5.10 Å². The maximum absolute atomic E-state index is 12.6. The van der Waals surface area contributed by atoms with E-state index in [1.807, 2.05) is 42.6 Å². The molecule has 26 heavy (non-hydrogen) atoms. The number of nitrogens with one attached hydrogen (secondary N) is 1. The van der Waals surface area contributed by atoms with Crippen LogP contribution in [0.5, 0.6) is 0 Å². The summed E-state index contributed by atoms with van der Waals surface area (Å²) in [7, 11) is -3.61. The predicted molar refractivity (Wildman–Crippen MR) is 104 cm³/mol. The topological polar surface area (TPSA) is 64.0 Å². The summed E-state index contributed by atoms with van der Waals surface area (Å²) in [6, 6.07) is 16.3. The van der Waals surface area contributed by atoms with Crippen molar-refractivity contribution in [3.63, 3.8) is 0 Å². The Balaban J connectivity index is 1.74. The number of rotatable bonds is 7. The molecule has 1 N–H and O–H groups in total. The average molecular weight is 369 g/mol. The van der Waals surface area contributed by atoms with Gasteiger partial charge in [-0.3, -0.25) is 9.40 Å². The van der Waals surface area contributed by atoms with Crippen molar-refractivity contribution in [3.8, 4) is 0 Å². The number of aromatic nitrogens is 2. The molecule has 0 spiro atoms. The van der Waals surface area contributed by atoms with E-state index in [9.17, 15) is 8.42 Å². The van der Waals surface area contributed by atoms with E-state index in [0.717, 1.165) is 17.5 Å². The van der Waals surface area contributed by atoms with Gasteiger partial charge in [0.2, 0.25) is 0 Å². The first-order chi connectivity index (χ1) is 12.4. The van der Waals surface area contributed by atoms with Crippen LogP contribution in [0.1, 0.15) is 25.0 Å². The van der Waals surface area contributed by atoms with Gasteiger partial charge in [0.1, 0.15) is 0 Å². The molecule has 0 bridgehead atoms. The number of hydrogen-bond acceptors (Lipinski definition) is 3. The molecule has 0 radical (unpaired) electrons. The van der Waals surface area contributed by atoms with E-state index in [4.69, 9.17) is 0 Å². The van der Waals surface area contributed by atoms with Gasteiger partial charge in [0.05, 0.1) is 11.4 Å². The molecule has 0 aliphatic heterocycles. The van der Waals surface area contributed by atoms with Crippen LogP contribution < -0.4 is 4.72 Å². The summed E-state index contributed by atoms with van der Waals surface area (Å²) in [5.74, 6) is 0.535. The van der Waals surface area contributed by atoms with Gasteiger partial charge in [0, 0.05) is 18.1 Å². The number of benzene rings is 2. The maximum atomic E-state index is 12.6. The van der Waals surface area contributed by atoms with E-state index in [1.54, 1.807) is 29.1 Å². The highest BCUT2D eigenvalue weighted by atomic mass is 32.2. The lowest BCUT2D eigenvalue weighted by Crippen LogP contribution is -2.13. The molecule has 0 atom stereocenters. The SMILES string of the molecule is CC(C)Cc1ccc(S(=O)(=O)Nc2cccc(Cn3cccn3)c2)cc1. The Labute approximate surface area is 154 Å². The third kappa shape index (κ3) is 4.73. The summed E-state index contributed by atoms with van der Waals surface area (Å²) >= 11 is 0. The number of hydrogen-bond donors (Lipinski definition) is 1. The van der Waals surface area contributed by atoms with Gasteiger partial charge in [-0.15, -0.1) is 0 Å². The number of nitrogens with zero attached hydrogens (tertiary/aromatic N) is 2. The molecule has 0 fully saturated rings. The Bertz CT molecular complexity index is 947. The van der Waals surface area contributed by atoms with Crippen LogP contribution in [-0.4, -0.2) is 18.2 Å². The number of sulfonamides is 1. The maximum Gasteiger partial charge on any atom is 0.261 e. The average Bonchev–Trinajstić information content (AvgIpc) is 3.07. The van der Waals surface area contributed by atoms with Crippen molar-refractivity contribution in [1.82, 2.24) is 9.78 Å². The van der Waals surface area contributed by atoms with Crippen LogP contribution in [-0.2, 0) is 23.0 Å². The largest absolute Gasteiger partial charge is 0.280 e. The first kappa shape index (κ1) is 18.2.